The lowest BCUT2D eigenvalue weighted by Gasteiger charge is -2.15. The van der Waals surface area contributed by atoms with Crippen molar-refractivity contribution in [3.63, 3.8) is 0 Å². The van der Waals surface area contributed by atoms with Crippen LogP contribution >= 0.6 is 0 Å². The molecule has 22 heavy (non-hydrogen) atoms. The van der Waals surface area contributed by atoms with Crippen LogP contribution in [0.5, 0.6) is 0 Å². The molecule has 1 aromatic carbocycles. The lowest BCUT2D eigenvalue weighted by molar-refractivity contribution is -0.129. The molecular formula is C16H23N3O3. The Bertz CT molecular complexity index is 517. The van der Waals surface area contributed by atoms with Crippen molar-refractivity contribution in [3.8, 4) is 0 Å². The Balaban J connectivity index is 2.37. The van der Waals surface area contributed by atoms with Crippen LogP contribution in [-0.4, -0.2) is 23.8 Å². The predicted molar refractivity (Wildman–Crippen MR) is 83.6 cm³/mol. The average Bonchev–Trinajstić information content (AvgIpc) is 2.51. The SMILES string of the molecule is CC[C@H](NC(=O)CCC(=O)N[C@H](C)c1ccccc1)C(N)=O. The van der Waals surface area contributed by atoms with Gasteiger partial charge in [0, 0.05) is 12.8 Å². The van der Waals surface area contributed by atoms with Gasteiger partial charge in [0.15, 0.2) is 0 Å². The molecule has 0 aromatic heterocycles. The minimum absolute atomic E-state index is 0.0249. The van der Waals surface area contributed by atoms with Crippen LogP contribution in [0.15, 0.2) is 30.3 Å². The molecule has 0 heterocycles. The molecule has 3 amide bonds. The smallest absolute Gasteiger partial charge is 0.239 e. The molecule has 6 nitrogen and oxygen atoms in total. The van der Waals surface area contributed by atoms with Gasteiger partial charge in [-0.15, -0.1) is 0 Å². The Morgan fingerprint density at radius 2 is 1.59 bits per heavy atom. The van der Waals surface area contributed by atoms with Crippen LogP contribution < -0.4 is 16.4 Å². The lowest BCUT2D eigenvalue weighted by atomic mass is 10.1. The van der Waals surface area contributed by atoms with E-state index >= 15 is 0 Å². The van der Waals surface area contributed by atoms with Crippen LogP contribution in [0.25, 0.3) is 0 Å². The zero-order valence-corrected chi connectivity index (χ0v) is 13.0. The Kier molecular flexibility index (Phi) is 7.08. The van der Waals surface area contributed by atoms with Crippen LogP contribution in [0.2, 0.25) is 0 Å². The summed E-state index contributed by atoms with van der Waals surface area (Å²) < 4.78 is 0. The standard InChI is InChI=1S/C16H23N3O3/c1-3-13(16(17)22)19-15(21)10-9-14(20)18-11(2)12-7-5-4-6-8-12/h4-8,11,13H,3,9-10H2,1-2H3,(H2,17,22)(H,18,20)(H,19,21)/t11-,13+/m1/s1. The highest BCUT2D eigenvalue weighted by Crippen LogP contribution is 2.11. The molecule has 0 saturated carbocycles. The number of carbonyl (C=O) groups excluding carboxylic acids is 3. The molecule has 0 spiro atoms. The van der Waals surface area contributed by atoms with Crippen LogP contribution in [-0.2, 0) is 14.4 Å². The Labute approximate surface area is 130 Å². The van der Waals surface area contributed by atoms with Gasteiger partial charge in [0.2, 0.25) is 17.7 Å². The number of hydrogen-bond donors (Lipinski definition) is 3. The summed E-state index contributed by atoms with van der Waals surface area (Å²) in [5.41, 5.74) is 6.15. The van der Waals surface area contributed by atoms with Crippen molar-refractivity contribution in [2.24, 2.45) is 5.73 Å². The van der Waals surface area contributed by atoms with Crippen LogP contribution in [0, 0.1) is 0 Å². The first-order chi connectivity index (χ1) is 10.4. The second-order valence-corrected chi connectivity index (χ2v) is 5.13. The number of hydrogen-bond acceptors (Lipinski definition) is 3. The summed E-state index contributed by atoms with van der Waals surface area (Å²) in [5, 5.41) is 5.34. The van der Waals surface area contributed by atoms with Gasteiger partial charge in [0.1, 0.15) is 6.04 Å². The maximum Gasteiger partial charge on any atom is 0.239 e. The van der Waals surface area contributed by atoms with Gasteiger partial charge in [-0.2, -0.15) is 0 Å². The maximum atomic E-state index is 11.8. The third-order valence-electron chi connectivity index (χ3n) is 3.34. The highest BCUT2D eigenvalue weighted by atomic mass is 16.2. The van der Waals surface area contributed by atoms with E-state index in [9.17, 15) is 14.4 Å². The molecule has 6 heteroatoms. The van der Waals surface area contributed by atoms with E-state index in [0.29, 0.717) is 6.42 Å². The van der Waals surface area contributed by atoms with Crippen molar-refractivity contribution in [3.05, 3.63) is 35.9 Å². The molecule has 4 N–H and O–H groups in total. The number of nitrogens with one attached hydrogen (secondary N) is 2. The van der Waals surface area contributed by atoms with E-state index in [-0.39, 0.29) is 30.7 Å². The molecule has 0 fully saturated rings. The molecule has 1 rings (SSSR count). The van der Waals surface area contributed by atoms with E-state index in [0.717, 1.165) is 5.56 Å². The van der Waals surface area contributed by atoms with Gasteiger partial charge in [0.25, 0.3) is 0 Å². The Morgan fingerprint density at radius 3 is 2.09 bits per heavy atom. The van der Waals surface area contributed by atoms with E-state index in [1.165, 1.54) is 0 Å². The highest BCUT2D eigenvalue weighted by molar-refractivity contribution is 5.88. The van der Waals surface area contributed by atoms with Crippen LogP contribution in [0.1, 0.15) is 44.7 Å². The molecule has 0 aliphatic rings. The summed E-state index contributed by atoms with van der Waals surface area (Å²) in [7, 11) is 0. The van der Waals surface area contributed by atoms with E-state index < -0.39 is 11.9 Å². The zero-order valence-electron chi connectivity index (χ0n) is 13.0. The lowest BCUT2D eigenvalue weighted by Crippen LogP contribution is -2.44. The molecule has 0 unspecified atom stereocenters. The van der Waals surface area contributed by atoms with Crippen LogP contribution in [0.3, 0.4) is 0 Å². The van der Waals surface area contributed by atoms with Crippen molar-refractivity contribution in [2.45, 2.75) is 45.2 Å². The minimum atomic E-state index is -0.682. The number of primary amides is 1. The summed E-state index contributed by atoms with van der Waals surface area (Å²) in [5.74, 6) is -1.13. The van der Waals surface area contributed by atoms with Crippen molar-refractivity contribution in [1.82, 2.24) is 10.6 Å². The van der Waals surface area contributed by atoms with Crippen molar-refractivity contribution in [1.29, 1.82) is 0 Å². The number of amides is 3. The number of rotatable bonds is 8. The number of nitrogens with two attached hydrogens (primary N) is 1. The molecule has 2 atom stereocenters. The molecular weight excluding hydrogens is 282 g/mol. The second kappa shape index (κ2) is 8.81. The van der Waals surface area contributed by atoms with Gasteiger partial charge in [-0.25, -0.2) is 0 Å². The molecule has 0 bridgehead atoms. The minimum Gasteiger partial charge on any atom is -0.368 e. The van der Waals surface area contributed by atoms with E-state index in [4.69, 9.17) is 5.73 Å². The largest absolute Gasteiger partial charge is 0.368 e. The van der Waals surface area contributed by atoms with E-state index in [1.54, 1.807) is 6.92 Å². The topological polar surface area (TPSA) is 101 Å². The van der Waals surface area contributed by atoms with Gasteiger partial charge in [-0.1, -0.05) is 37.3 Å². The first kappa shape index (κ1) is 17.7. The predicted octanol–water partition coefficient (Wildman–Crippen LogP) is 1.02. The third kappa shape index (κ3) is 5.95. The van der Waals surface area contributed by atoms with Crippen molar-refractivity contribution < 1.29 is 14.4 Å². The van der Waals surface area contributed by atoms with Gasteiger partial charge < -0.3 is 16.4 Å². The molecule has 0 aliphatic carbocycles. The van der Waals surface area contributed by atoms with Crippen LogP contribution in [0.4, 0.5) is 0 Å². The third-order valence-corrected chi connectivity index (χ3v) is 3.34. The quantitative estimate of drug-likeness (QED) is 0.668. The first-order valence-electron chi connectivity index (χ1n) is 7.37. The summed E-state index contributed by atoms with van der Waals surface area (Å²) >= 11 is 0. The van der Waals surface area contributed by atoms with Gasteiger partial charge in [-0.05, 0) is 18.9 Å². The van der Waals surface area contributed by atoms with Gasteiger partial charge >= 0.3 is 0 Å². The average molecular weight is 305 g/mol. The molecule has 0 radical (unpaired) electrons. The summed E-state index contributed by atoms with van der Waals surface area (Å²) in [6, 6.07) is 8.77. The molecule has 0 saturated heterocycles. The number of carbonyl (C=O) groups is 3. The van der Waals surface area contributed by atoms with E-state index in [1.807, 2.05) is 37.3 Å². The Hall–Kier alpha value is -2.37. The van der Waals surface area contributed by atoms with Gasteiger partial charge in [-0.3, -0.25) is 14.4 Å². The number of benzene rings is 1. The second-order valence-electron chi connectivity index (χ2n) is 5.13. The molecule has 0 aliphatic heterocycles. The fourth-order valence-electron chi connectivity index (χ4n) is 2.01. The van der Waals surface area contributed by atoms with Crippen molar-refractivity contribution in [2.75, 3.05) is 0 Å². The Morgan fingerprint density at radius 1 is 1.05 bits per heavy atom. The summed E-state index contributed by atoms with van der Waals surface area (Å²) in [4.78, 5) is 34.6. The van der Waals surface area contributed by atoms with Crippen molar-refractivity contribution >= 4 is 17.7 Å². The van der Waals surface area contributed by atoms with E-state index in [2.05, 4.69) is 10.6 Å². The highest BCUT2D eigenvalue weighted by Gasteiger charge is 2.16. The fourth-order valence-corrected chi connectivity index (χ4v) is 2.01. The summed E-state index contributed by atoms with van der Waals surface area (Å²) in [6.07, 6.45) is 0.521. The maximum absolute atomic E-state index is 11.8. The molecule has 120 valence electrons. The normalized spacial score (nSPS) is 13.0. The van der Waals surface area contributed by atoms with Gasteiger partial charge in [0.05, 0.1) is 6.04 Å². The zero-order chi connectivity index (χ0) is 16.5. The fraction of sp³-hybridized carbons (Fsp3) is 0.438. The first-order valence-corrected chi connectivity index (χ1v) is 7.37. The summed E-state index contributed by atoms with van der Waals surface area (Å²) in [6.45, 7) is 3.64. The monoisotopic (exact) mass is 305 g/mol. The molecule has 1 aromatic rings.